The zero-order valence-electron chi connectivity index (χ0n) is 18.9. The van der Waals surface area contributed by atoms with Gasteiger partial charge in [0.1, 0.15) is 0 Å². The number of ether oxygens (including phenoxy) is 2. The summed E-state index contributed by atoms with van der Waals surface area (Å²) < 4.78 is 11.5. The smallest absolute Gasteiger partial charge is 0.357 e. The topological polar surface area (TPSA) is 90.8 Å². The van der Waals surface area contributed by atoms with Gasteiger partial charge >= 0.3 is 5.97 Å². The number of aromatic nitrogens is 1. The van der Waals surface area contributed by atoms with Gasteiger partial charge < -0.3 is 19.9 Å². The molecule has 0 radical (unpaired) electrons. The van der Waals surface area contributed by atoms with Gasteiger partial charge in [0.05, 0.1) is 35.9 Å². The second kappa shape index (κ2) is 9.78. The van der Waals surface area contributed by atoms with Crippen molar-refractivity contribution in [1.29, 1.82) is 5.26 Å². The molecule has 1 aromatic carbocycles. The zero-order valence-corrected chi connectivity index (χ0v) is 18.9. The molecule has 2 aromatic rings. The van der Waals surface area contributed by atoms with Crippen molar-refractivity contribution in [2.24, 2.45) is 0 Å². The predicted octanol–water partition coefficient (Wildman–Crippen LogP) is 4.37. The maximum atomic E-state index is 12.7. The number of nitrogens with zero attached hydrogens (tertiary/aromatic N) is 3. The van der Waals surface area contributed by atoms with E-state index in [9.17, 15) is 10.1 Å². The van der Waals surface area contributed by atoms with E-state index in [1.54, 1.807) is 25.1 Å². The Bertz CT molecular complexity index is 1010. The van der Waals surface area contributed by atoms with Gasteiger partial charge in [-0.3, -0.25) is 0 Å². The number of rotatable bonds is 6. The molecular formula is C25H30N4O3. The second-order valence-corrected chi connectivity index (χ2v) is 8.61. The van der Waals surface area contributed by atoms with Crippen LogP contribution in [0.25, 0.3) is 16.6 Å². The average Bonchev–Trinajstić information content (AvgIpc) is 3.17. The number of hydrogen-bond acceptors (Lipinski definition) is 5. The lowest BCUT2D eigenvalue weighted by molar-refractivity contribution is -0.824. The van der Waals surface area contributed by atoms with Crippen LogP contribution in [0.2, 0.25) is 0 Å². The Balaban J connectivity index is 1.87. The lowest BCUT2D eigenvalue weighted by atomic mass is 9.94. The molecule has 4 rings (SSSR count). The summed E-state index contributed by atoms with van der Waals surface area (Å²) in [5.41, 5.74) is 8.52. The van der Waals surface area contributed by atoms with Gasteiger partial charge in [-0.2, -0.15) is 10.2 Å². The van der Waals surface area contributed by atoms with Gasteiger partial charge in [-0.15, -0.1) is 0 Å². The number of benzene rings is 1. The molecule has 0 saturated heterocycles. The normalized spacial score (nSPS) is 20.7. The van der Waals surface area contributed by atoms with Gasteiger partial charge in [0.15, 0.2) is 5.69 Å². The Hall–Kier alpha value is -2.79. The summed E-state index contributed by atoms with van der Waals surface area (Å²) in [4.78, 5) is 17.4. The molecule has 1 saturated carbocycles. The fourth-order valence-electron chi connectivity index (χ4n) is 4.56. The molecule has 2 unspecified atom stereocenters. The number of hydrogen-bond donors (Lipinski definition) is 1. The number of carbonyl (C=O) groups is 1. The summed E-state index contributed by atoms with van der Waals surface area (Å²) in [6.07, 6.45) is 5.27. The Morgan fingerprint density at radius 2 is 1.97 bits per heavy atom. The van der Waals surface area contributed by atoms with Crippen LogP contribution in [0.5, 0.6) is 0 Å². The largest absolute Gasteiger partial charge is 0.461 e. The number of pyridine rings is 1. The summed E-state index contributed by atoms with van der Waals surface area (Å²) in [7, 11) is 0. The van der Waals surface area contributed by atoms with Crippen molar-refractivity contribution in [3.05, 3.63) is 52.6 Å². The fourth-order valence-corrected chi connectivity index (χ4v) is 4.56. The number of quaternary nitrogens is 1. The second-order valence-electron chi connectivity index (χ2n) is 8.61. The van der Waals surface area contributed by atoms with Crippen molar-refractivity contribution in [1.82, 2.24) is 4.98 Å². The first-order valence-corrected chi connectivity index (χ1v) is 11.5. The van der Waals surface area contributed by atoms with Crippen molar-refractivity contribution in [2.75, 3.05) is 6.61 Å². The molecule has 0 amide bonds. The van der Waals surface area contributed by atoms with Crippen molar-refractivity contribution >= 4 is 11.8 Å². The first kappa shape index (κ1) is 22.4. The summed E-state index contributed by atoms with van der Waals surface area (Å²) in [6.45, 7) is 6.06. The fraction of sp³-hybridized carbons (Fsp3) is 0.480. The molecule has 1 N–H and O–H groups in total. The summed E-state index contributed by atoms with van der Waals surface area (Å²) in [5.74, 6) is 0.314. The third-order valence-electron chi connectivity index (χ3n) is 6.01. The van der Waals surface area contributed by atoms with Gasteiger partial charge in [0.2, 0.25) is 5.82 Å². The maximum Gasteiger partial charge on any atom is 0.357 e. The van der Waals surface area contributed by atoms with Crippen molar-refractivity contribution < 1.29 is 19.3 Å². The maximum absolute atomic E-state index is 12.7. The van der Waals surface area contributed by atoms with Crippen molar-refractivity contribution in [3.8, 4) is 17.2 Å². The van der Waals surface area contributed by atoms with Crippen LogP contribution in [-0.4, -0.2) is 29.7 Å². The van der Waals surface area contributed by atoms with Gasteiger partial charge in [-0.05, 0) is 75.8 Å². The summed E-state index contributed by atoms with van der Waals surface area (Å²) in [6, 6.07) is 11.6. The Morgan fingerprint density at radius 3 is 2.59 bits per heavy atom. The Labute approximate surface area is 189 Å². The van der Waals surface area contributed by atoms with E-state index >= 15 is 0 Å². The van der Waals surface area contributed by atoms with Crippen LogP contribution < -0.4 is 5.01 Å². The van der Waals surface area contributed by atoms with E-state index in [1.165, 1.54) is 19.3 Å². The van der Waals surface area contributed by atoms with E-state index < -0.39 is 12.2 Å². The SMILES string of the molecule is CCOC(=O)c1cc(-c2ccc(C#N)cc2)c2c(n1)[NH+](C1CCCCC1)[N-]C2OC(C)C. The highest BCUT2D eigenvalue weighted by molar-refractivity contribution is 5.90. The van der Waals surface area contributed by atoms with Crippen molar-refractivity contribution in [2.45, 2.75) is 71.2 Å². The van der Waals surface area contributed by atoms with E-state index in [1.807, 2.05) is 26.0 Å². The minimum Gasteiger partial charge on any atom is -0.461 e. The first-order chi connectivity index (χ1) is 15.5. The zero-order chi connectivity index (χ0) is 22.7. The first-order valence-electron chi connectivity index (χ1n) is 11.5. The third-order valence-corrected chi connectivity index (χ3v) is 6.01. The van der Waals surface area contributed by atoms with Crippen LogP contribution in [0, 0.1) is 11.3 Å². The highest BCUT2D eigenvalue weighted by Gasteiger charge is 2.36. The monoisotopic (exact) mass is 434 g/mol. The molecule has 1 fully saturated rings. The van der Waals surface area contributed by atoms with Crippen LogP contribution in [-0.2, 0) is 9.47 Å². The summed E-state index contributed by atoms with van der Waals surface area (Å²) >= 11 is 0. The van der Waals surface area contributed by atoms with Crippen LogP contribution >= 0.6 is 0 Å². The van der Waals surface area contributed by atoms with Gasteiger partial charge in [-0.1, -0.05) is 18.6 Å². The minimum absolute atomic E-state index is 0.0131. The molecule has 1 aliphatic heterocycles. The molecule has 2 atom stereocenters. The van der Waals surface area contributed by atoms with E-state index in [0.717, 1.165) is 40.4 Å². The molecule has 168 valence electrons. The third kappa shape index (κ3) is 4.53. The van der Waals surface area contributed by atoms with Crippen LogP contribution in [0.1, 0.15) is 80.7 Å². The minimum atomic E-state index is -0.462. The molecule has 2 heterocycles. The van der Waals surface area contributed by atoms with Crippen LogP contribution in [0.3, 0.4) is 0 Å². The highest BCUT2D eigenvalue weighted by Crippen LogP contribution is 2.41. The molecule has 2 aliphatic rings. The molecule has 7 nitrogen and oxygen atoms in total. The Kier molecular flexibility index (Phi) is 6.85. The molecule has 0 bridgehead atoms. The average molecular weight is 435 g/mol. The van der Waals surface area contributed by atoms with Gasteiger partial charge in [0, 0.05) is 6.23 Å². The number of nitriles is 1. The van der Waals surface area contributed by atoms with Crippen LogP contribution in [0.15, 0.2) is 30.3 Å². The number of nitrogens with one attached hydrogen (secondary N) is 1. The summed E-state index contributed by atoms with van der Waals surface area (Å²) in [5, 5.41) is 10.1. The van der Waals surface area contributed by atoms with Gasteiger partial charge in [-0.25, -0.2) is 4.79 Å². The van der Waals surface area contributed by atoms with Crippen LogP contribution in [0.4, 0.5) is 5.82 Å². The standard InChI is InChI=1S/C25H30N4O3/c1-4-31-25(30)21-14-20(18-12-10-17(15-26)11-13-18)22-23(27-21)29(19-8-6-5-7-9-19)28-24(22)32-16(2)3/h10-14,16,19,24,29H,4-9H2,1-3H3. The molecule has 7 heteroatoms. The Morgan fingerprint density at radius 1 is 1.25 bits per heavy atom. The number of carbonyl (C=O) groups excluding carboxylic acids is 1. The van der Waals surface area contributed by atoms with E-state index in [2.05, 4.69) is 6.07 Å². The molecule has 0 spiro atoms. The van der Waals surface area contributed by atoms with Crippen molar-refractivity contribution in [3.63, 3.8) is 0 Å². The van der Waals surface area contributed by atoms with E-state index in [-0.39, 0.29) is 18.4 Å². The molecule has 1 aromatic heterocycles. The molecule has 32 heavy (non-hydrogen) atoms. The molecular weight excluding hydrogens is 404 g/mol. The molecule has 1 aliphatic carbocycles. The quantitative estimate of drug-likeness (QED) is 0.682. The number of esters is 1. The lowest BCUT2D eigenvalue weighted by Crippen LogP contribution is -3.06. The number of fused-ring (bicyclic) bond motifs is 1. The lowest BCUT2D eigenvalue weighted by Gasteiger charge is -2.36. The van der Waals surface area contributed by atoms with E-state index in [4.69, 9.17) is 19.9 Å². The highest BCUT2D eigenvalue weighted by atomic mass is 16.5. The van der Waals surface area contributed by atoms with Gasteiger partial charge in [0.25, 0.3) is 0 Å². The predicted molar refractivity (Wildman–Crippen MR) is 120 cm³/mol. The van der Waals surface area contributed by atoms with E-state index in [0.29, 0.717) is 11.6 Å².